The first-order valence-electron chi connectivity index (χ1n) is 10.5. The van der Waals surface area contributed by atoms with Crippen molar-refractivity contribution in [3.8, 4) is 0 Å². The van der Waals surface area contributed by atoms with E-state index in [9.17, 15) is 13.2 Å². The highest BCUT2D eigenvalue weighted by Gasteiger charge is 2.36. The van der Waals surface area contributed by atoms with Gasteiger partial charge in [-0.2, -0.15) is 0 Å². The van der Waals surface area contributed by atoms with Crippen molar-refractivity contribution in [3.05, 3.63) is 59.7 Å². The first kappa shape index (κ1) is 20.0. The van der Waals surface area contributed by atoms with E-state index < -0.39 is 10.0 Å². The quantitative estimate of drug-likeness (QED) is 0.762. The molecule has 1 amide bonds. The third-order valence-corrected chi connectivity index (χ3v) is 7.93. The average molecular weight is 413 g/mol. The van der Waals surface area contributed by atoms with Gasteiger partial charge in [0, 0.05) is 17.6 Å². The maximum atomic E-state index is 13.2. The van der Waals surface area contributed by atoms with Gasteiger partial charge in [-0.3, -0.25) is 9.10 Å². The molecule has 1 fully saturated rings. The Morgan fingerprint density at radius 2 is 1.69 bits per heavy atom. The molecule has 1 aliphatic heterocycles. The smallest absolute Gasteiger partial charge is 0.264 e. The summed E-state index contributed by atoms with van der Waals surface area (Å²) in [6.07, 6.45) is 7.50. The molecule has 0 spiro atoms. The molecule has 1 atom stereocenters. The van der Waals surface area contributed by atoms with Crippen LogP contribution in [0.3, 0.4) is 0 Å². The van der Waals surface area contributed by atoms with E-state index in [-0.39, 0.29) is 22.9 Å². The highest BCUT2D eigenvalue weighted by molar-refractivity contribution is 7.92. The lowest BCUT2D eigenvalue weighted by Crippen LogP contribution is -2.35. The molecule has 154 valence electrons. The molecule has 0 aromatic heterocycles. The standard InChI is InChI=1S/C23H28N2O3S/c1-17-15-19-16-18(23(26)24-20-9-5-2-3-6-10-20)13-14-22(19)25(17)29(27,28)21-11-7-4-8-12-21/h4,7-8,11-14,16-17,20H,2-3,5-6,9-10,15H2,1H3,(H,24,26)/t17-/m1/s1. The van der Waals surface area contributed by atoms with Crippen molar-refractivity contribution < 1.29 is 13.2 Å². The van der Waals surface area contributed by atoms with Crippen LogP contribution in [0.5, 0.6) is 0 Å². The molecule has 5 nitrogen and oxygen atoms in total. The summed E-state index contributed by atoms with van der Waals surface area (Å²) in [7, 11) is -3.63. The lowest BCUT2D eigenvalue weighted by molar-refractivity contribution is 0.0933. The third-order valence-electron chi connectivity index (χ3n) is 5.99. The van der Waals surface area contributed by atoms with E-state index in [2.05, 4.69) is 5.32 Å². The van der Waals surface area contributed by atoms with Crippen LogP contribution in [-0.2, 0) is 16.4 Å². The number of anilines is 1. The van der Waals surface area contributed by atoms with Crippen molar-refractivity contribution in [2.75, 3.05) is 4.31 Å². The van der Waals surface area contributed by atoms with Gasteiger partial charge in [0.2, 0.25) is 0 Å². The van der Waals surface area contributed by atoms with Gasteiger partial charge in [-0.25, -0.2) is 8.42 Å². The summed E-state index contributed by atoms with van der Waals surface area (Å²) >= 11 is 0. The highest BCUT2D eigenvalue weighted by Crippen LogP contribution is 2.37. The molecule has 0 bridgehead atoms. The average Bonchev–Trinajstić information content (AvgIpc) is 2.87. The fraction of sp³-hybridized carbons (Fsp3) is 0.435. The van der Waals surface area contributed by atoms with Crippen LogP contribution >= 0.6 is 0 Å². The molecule has 1 heterocycles. The normalized spacial score (nSPS) is 20.2. The predicted octanol–water partition coefficient (Wildman–Crippen LogP) is 4.28. The summed E-state index contributed by atoms with van der Waals surface area (Å²) in [5.74, 6) is -0.0586. The van der Waals surface area contributed by atoms with Gasteiger partial charge in [0.15, 0.2) is 0 Å². The van der Waals surface area contributed by atoms with Crippen LogP contribution in [0.15, 0.2) is 53.4 Å². The van der Waals surface area contributed by atoms with Crippen molar-refractivity contribution >= 4 is 21.6 Å². The van der Waals surface area contributed by atoms with E-state index in [1.165, 1.54) is 30.0 Å². The van der Waals surface area contributed by atoms with Gasteiger partial charge in [0.1, 0.15) is 0 Å². The van der Waals surface area contributed by atoms with Gasteiger partial charge in [0.05, 0.1) is 10.6 Å². The molecule has 6 heteroatoms. The topological polar surface area (TPSA) is 66.5 Å². The summed E-state index contributed by atoms with van der Waals surface area (Å²) in [6.45, 7) is 1.91. The fourth-order valence-electron chi connectivity index (χ4n) is 4.51. The van der Waals surface area contributed by atoms with E-state index in [1.807, 2.05) is 13.0 Å². The largest absolute Gasteiger partial charge is 0.349 e. The molecule has 2 aromatic rings. The van der Waals surface area contributed by atoms with Crippen molar-refractivity contribution in [3.63, 3.8) is 0 Å². The Bertz CT molecular complexity index is 980. The summed E-state index contributed by atoms with van der Waals surface area (Å²) in [5.41, 5.74) is 2.19. The first-order chi connectivity index (χ1) is 14.0. The molecule has 29 heavy (non-hydrogen) atoms. The second-order valence-electron chi connectivity index (χ2n) is 8.17. The van der Waals surface area contributed by atoms with Crippen molar-refractivity contribution in [1.82, 2.24) is 5.32 Å². The van der Waals surface area contributed by atoms with Gasteiger partial charge in [-0.05, 0) is 62.1 Å². The number of benzene rings is 2. The number of sulfonamides is 1. The predicted molar refractivity (Wildman–Crippen MR) is 115 cm³/mol. The Labute approximate surface area is 173 Å². The van der Waals surface area contributed by atoms with Crippen LogP contribution in [0.2, 0.25) is 0 Å². The van der Waals surface area contributed by atoms with Gasteiger partial charge in [-0.15, -0.1) is 0 Å². The molecule has 1 N–H and O–H groups in total. The van der Waals surface area contributed by atoms with Crippen LogP contribution in [0.25, 0.3) is 0 Å². The minimum Gasteiger partial charge on any atom is -0.349 e. The Kier molecular flexibility index (Phi) is 5.63. The summed E-state index contributed by atoms with van der Waals surface area (Å²) in [4.78, 5) is 13.1. The van der Waals surface area contributed by atoms with Crippen molar-refractivity contribution in [1.29, 1.82) is 0 Å². The molecule has 0 saturated heterocycles. The molecule has 2 aliphatic rings. The molecule has 4 rings (SSSR count). The highest BCUT2D eigenvalue weighted by atomic mass is 32.2. The number of nitrogens with zero attached hydrogens (tertiary/aromatic N) is 1. The van der Waals surface area contributed by atoms with Crippen LogP contribution in [0.4, 0.5) is 5.69 Å². The van der Waals surface area contributed by atoms with Crippen molar-refractivity contribution in [2.24, 2.45) is 0 Å². The van der Waals surface area contributed by atoms with Crippen molar-refractivity contribution in [2.45, 2.75) is 68.8 Å². The molecule has 1 aliphatic carbocycles. The summed E-state index contributed by atoms with van der Waals surface area (Å²) in [5, 5.41) is 3.17. The number of carbonyl (C=O) groups is 1. The van der Waals surface area contributed by atoms with E-state index >= 15 is 0 Å². The zero-order chi connectivity index (χ0) is 20.4. The number of carbonyl (C=O) groups excluding carboxylic acids is 1. The number of hydrogen-bond donors (Lipinski definition) is 1. The minimum atomic E-state index is -3.63. The monoisotopic (exact) mass is 412 g/mol. The van der Waals surface area contributed by atoms with Gasteiger partial charge in [-0.1, -0.05) is 43.9 Å². The third kappa shape index (κ3) is 4.04. The maximum absolute atomic E-state index is 13.2. The summed E-state index contributed by atoms with van der Waals surface area (Å²) < 4.78 is 27.8. The minimum absolute atomic E-state index is 0.0586. The zero-order valence-corrected chi connectivity index (χ0v) is 17.6. The lowest BCUT2D eigenvalue weighted by Gasteiger charge is -2.24. The molecule has 0 radical (unpaired) electrons. The van der Waals surface area contributed by atoms with E-state index in [0.717, 1.165) is 18.4 Å². The van der Waals surface area contributed by atoms with Gasteiger partial charge in [0.25, 0.3) is 15.9 Å². The van der Waals surface area contributed by atoms with E-state index in [0.29, 0.717) is 17.7 Å². The second kappa shape index (κ2) is 8.19. The molecular weight excluding hydrogens is 384 g/mol. The molecule has 0 unspecified atom stereocenters. The number of rotatable bonds is 4. The number of amides is 1. The SMILES string of the molecule is C[C@@H]1Cc2cc(C(=O)NC3CCCCCC3)ccc2N1S(=O)(=O)c1ccccc1. The lowest BCUT2D eigenvalue weighted by atomic mass is 10.0. The number of hydrogen-bond acceptors (Lipinski definition) is 3. The zero-order valence-electron chi connectivity index (χ0n) is 16.8. The molecule has 2 aromatic carbocycles. The van der Waals surface area contributed by atoms with E-state index in [1.54, 1.807) is 42.5 Å². The summed E-state index contributed by atoms with van der Waals surface area (Å²) in [6, 6.07) is 14.0. The van der Waals surface area contributed by atoms with Gasteiger partial charge < -0.3 is 5.32 Å². The molecule has 1 saturated carbocycles. The first-order valence-corrected chi connectivity index (χ1v) is 11.9. The Morgan fingerprint density at radius 1 is 1.00 bits per heavy atom. The number of fused-ring (bicyclic) bond motifs is 1. The van der Waals surface area contributed by atoms with Gasteiger partial charge >= 0.3 is 0 Å². The van der Waals surface area contributed by atoms with E-state index in [4.69, 9.17) is 0 Å². The second-order valence-corrected chi connectivity index (χ2v) is 9.99. The Hall–Kier alpha value is -2.34. The Morgan fingerprint density at radius 3 is 2.38 bits per heavy atom. The Balaban J connectivity index is 1.57. The van der Waals surface area contributed by atoms with Crippen LogP contribution in [0.1, 0.15) is 61.4 Å². The molecular formula is C23H28N2O3S. The number of nitrogens with one attached hydrogen (secondary N) is 1. The van der Waals surface area contributed by atoms with Crippen LogP contribution in [0, 0.1) is 0 Å². The van der Waals surface area contributed by atoms with Crippen LogP contribution < -0.4 is 9.62 Å². The fourth-order valence-corrected chi connectivity index (χ4v) is 6.22. The van der Waals surface area contributed by atoms with Crippen LogP contribution in [-0.4, -0.2) is 26.4 Å². The maximum Gasteiger partial charge on any atom is 0.264 e.